The normalized spacial score (nSPS) is 24.2. The Morgan fingerprint density at radius 1 is 1.50 bits per heavy atom. The molecule has 1 fully saturated rings. The van der Waals surface area contributed by atoms with E-state index in [0.29, 0.717) is 12.5 Å². The van der Waals surface area contributed by atoms with E-state index in [1.807, 2.05) is 0 Å². The highest BCUT2D eigenvalue weighted by Gasteiger charge is 2.21. The lowest BCUT2D eigenvalue weighted by Gasteiger charge is -2.32. The molecule has 1 heterocycles. The van der Waals surface area contributed by atoms with Crippen molar-refractivity contribution < 1.29 is 4.39 Å². The van der Waals surface area contributed by atoms with Crippen molar-refractivity contribution >= 4 is 11.6 Å². The summed E-state index contributed by atoms with van der Waals surface area (Å²) in [4.78, 5) is 2.18. The van der Waals surface area contributed by atoms with E-state index in [9.17, 15) is 4.39 Å². The molecule has 0 radical (unpaired) electrons. The van der Waals surface area contributed by atoms with Gasteiger partial charge in [0.05, 0.1) is 0 Å². The van der Waals surface area contributed by atoms with E-state index < -0.39 is 0 Å². The molecule has 72 valence electrons. The summed E-state index contributed by atoms with van der Waals surface area (Å²) in [5.41, 5.74) is 0. The van der Waals surface area contributed by atoms with Crippen molar-refractivity contribution in [1.29, 1.82) is 0 Å². The van der Waals surface area contributed by atoms with Gasteiger partial charge in [0.15, 0.2) is 0 Å². The predicted octanol–water partition coefficient (Wildman–Crippen LogP) is 2.30. The van der Waals surface area contributed by atoms with Gasteiger partial charge in [-0.3, -0.25) is 0 Å². The van der Waals surface area contributed by atoms with Crippen LogP contribution in [0.2, 0.25) is 0 Å². The lowest BCUT2D eigenvalue weighted by molar-refractivity contribution is 0.172. The Balaban J connectivity index is 2.20. The number of halogens is 2. The van der Waals surface area contributed by atoms with E-state index in [0.717, 1.165) is 25.9 Å². The first-order valence-corrected chi connectivity index (χ1v) is 5.10. The largest absolute Gasteiger partial charge is 0.301 e. The highest BCUT2D eigenvalue weighted by Crippen LogP contribution is 2.23. The Kier molecular flexibility index (Phi) is 4.30. The Labute approximate surface area is 78.9 Å². The van der Waals surface area contributed by atoms with Crippen LogP contribution in [0.15, 0.2) is 0 Å². The lowest BCUT2D eigenvalue weighted by Crippen LogP contribution is -2.37. The molecule has 1 unspecified atom stereocenters. The Morgan fingerprint density at radius 3 is 2.50 bits per heavy atom. The van der Waals surface area contributed by atoms with Gasteiger partial charge >= 0.3 is 0 Å². The fourth-order valence-electron chi connectivity index (χ4n) is 1.76. The van der Waals surface area contributed by atoms with Crippen LogP contribution in [-0.2, 0) is 0 Å². The lowest BCUT2D eigenvalue weighted by atomic mass is 9.94. The van der Waals surface area contributed by atoms with Crippen LogP contribution in [0, 0.1) is 5.92 Å². The average Bonchev–Trinajstić information content (AvgIpc) is 2.06. The predicted molar refractivity (Wildman–Crippen MR) is 50.5 cm³/mol. The van der Waals surface area contributed by atoms with Gasteiger partial charge in [-0.1, -0.05) is 0 Å². The summed E-state index contributed by atoms with van der Waals surface area (Å²) in [5, 5.41) is 0.275. The van der Waals surface area contributed by atoms with E-state index >= 15 is 0 Å². The van der Waals surface area contributed by atoms with Crippen LogP contribution >= 0.6 is 11.6 Å². The molecule has 0 bridgehead atoms. The molecule has 0 aliphatic carbocycles. The first-order valence-electron chi connectivity index (χ1n) is 4.66. The fraction of sp³-hybridized carbons (Fsp3) is 1.00. The summed E-state index contributed by atoms with van der Waals surface area (Å²) in [5.74, 6) is 0.641. The van der Waals surface area contributed by atoms with Crippen molar-refractivity contribution in [3.8, 4) is 0 Å². The molecule has 1 atom stereocenters. The first-order chi connectivity index (χ1) is 5.74. The smallest absolute Gasteiger partial charge is 0.102 e. The van der Waals surface area contributed by atoms with Crippen LogP contribution in [0.5, 0.6) is 0 Å². The number of hydrogen-bond donors (Lipinski definition) is 0. The molecule has 3 heteroatoms. The van der Waals surface area contributed by atoms with Crippen LogP contribution < -0.4 is 0 Å². The molecule has 12 heavy (non-hydrogen) atoms. The third-order valence-corrected chi connectivity index (χ3v) is 3.04. The maximum atomic E-state index is 12.0. The summed E-state index contributed by atoms with van der Waals surface area (Å²) >= 11 is 5.99. The minimum absolute atomic E-state index is 0.221. The third kappa shape index (κ3) is 2.91. The zero-order valence-corrected chi connectivity index (χ0v) is 8.36. The van der Waals surface area contributed by atoms with Gasteiger partial charge in [-0.15, -0.1) is 11.6 Å². The summed E-state index contributed by atoms with van der Waals surface area (Å²) in [6.45, 7) is 4.47. The van der Waals surface area contributed by atoms with E-state index in [4.69, 9.17) is 11.6 Å². The average molecular weight is 194 g/mol. The quantitative estimate of drug-likeness (QED) is 0.622. The van der Waals surface area contributed by atoms with Crippen molar-refractivity contribution in [2.75, 3.05) is 26.3 Å². The van der Waals surface area contributed by atoms with Gasteiger partial charge in [0.25, 0.3) is 0 Å². The number of alkyl halides is 2. The standard InChI is InChI=1S/C9H17ClFN/c1-8(10)9-2-5-12(6-3-9)7-4-11/h8-9H,2-7H2,1H3. The molecule has 0 spiro atoms. The van der Waals surface area contributed by atoms with Crippen molar-refractivity contribution in [3.63, 3.8) is 0 Å². The molecular weight excluding hydrogens is 177 g/mol. The molecule has 0 aromatic heterocycles. The zero-order chi connectivity index (χ0) is 8.97. The van der Waals surface area contributed by atoms with Gasteiger partial charge < -0.3 is 4.90 Å². The van der Waals surface area contributed by atoms with Crippen LogP contribution in [0.3, 0.4) is 0 Å². The molecule has 0 aromatic carbocycles. The van der Waals surface area contributed by atoms with Gasteiger partial charge in [-0.2, -0.15) is 0 Å². The summed E-state index contributed by atoms with van der Waals surface area (Å²) < 4.78 is 12.0. The second-order valence-electron chi connectivity index (χ2n) is 3.55. The van der Waals surface area contributed by atoms with Gasteiger partial charge in [-0.25, -0.2) is 4.39 Å². The van der Waals surface area contributed by atoms with E-state index in [1.165, 1.54) is 0 Å². The van der Waals surface area contributed by atoms with Crippen molar-refractivity contribution in [2.45, 2.75) is 25.1 Å². The van der Waals surface area contributed by atoms with Crippen molar-refractivity contribution in [2.24, 2.45) is 5.92 Å². The van der Waals surface area contributed by atoms with E-state index in [1.54, 1.807) is 0 Å². The maximum Gasteiger partial charge on any atom is 0.102 e. The molecule has 1 aliphatic rings. The van der Waals surface area contributed by atoms with Crippen LogP contribution in [0.1, 0.15) is 19.8 Å². The van der Waals surface area contributed by atoms with E-state index in [-0.39, 0.29) is 12.1 Å². The van der Waals surface area contributed by atoms with Gasteiger partial charge in [0.2, 0.25) is 0 Å². The van der Waals surface area contributed by atoms with Crippen molar-refractivity contribution in [3.05, 3.63) is 0 Å². The first kappa shape index (κ1) is 10.3. The molecule has 1 rings (SSSR count). The Bertz CT molecular complexity index is 122. The summed E-state index contributed by atoms with van der Waals surface area (Å²) in [6, 6.07) is 0. The van der Waals surface area contributed by atoms with Crippen LogP contribution in [0.25, 0.3) is 0 Å². The summed E-state index contributed by atoms with van der Waals surface area (Å²) in [7, 11) is 0. The number of likely N-dealkylation sites (tertiary alicyclic amines) is 1. The second-order valence-corrected chi connectivity index (χ2v) is 4.23. The van der Waals surface area contributed by atoms with Crippen LogP contribution in [0.4, 0.5) is 4.39 Å². The Hall–Kier alpha value is 0.180. The maximum absolute atomic E-state index is 12.0. The monoisotopic (exact) mass is 193 g/mol. The molecule has 1 saturated heterocycles. The van der Waals surface area contributed by atoms with Gasteiger partial charge in [-0.05, 0) is 38.8 Å². The minimum Gasteiger partial charge on any atom is -0.301 e. The zero-order valence-electron chi connectivity index (χ0n) is 7.60. The molecule has 0 aromatic rings. The molecular formula is C9H17ClFN. The van der Waals surface area contributed by atoms with Gasteiger partial charge in [0, 0.05) is 11.9 Å². The number of nitrogens with zero attached hydrogens (tertiary/aromatic N) is 1. The van der Waals surface area contributed by atoms with Gasteiger partial charge in [0.1, 0.15) is 6.67 Å². The molecule has 0 N–H and O–H groups in total. The molecule has 1 nitrogen and oxygen atoms in total. The van der Waals surface area contributed by atoms with Crippen LogP contribution in [-0.4, -0.2) is 36.6 Å². The number of hydrogen-bond acceptors (Lipinski definition) is 1. The third-order valence-electron chi connectivity index (χ3n) is 2.68. The van der Waals surface area contributed by atoms with E-state index in [2.05, 4.69) is 11.8 Å². The molecule has 0 saturated carbocycles. The summed E-state index contributed by atoms with van der Waals surface area (Å²) in [6.07, 6.45) is 2.26. The topological polar surface area (TPSA) is 3.24 Å². The molecule has 0 amide bonds. The highest BCUT2D eigenvalue weighted by atomic mass is 35.5. The second kappa shape index (κ2) is 5.03. The minimum atomic E-state index is -0.221. The Morgan fingerprint density at radius 2 is 2.08 bits per heavy atom. The van der Waals surface area contributed by atoms with Crippen molar-refractivity contribution in [1.82, 2.24) is 4.90 Å². The number of rotatable bonds is 3. The highest BCUT2D eigenvalue weighted by molar-refractivity contribution is 6.20. The number of piperidine rings is 1. The molecule has 1 aliphatic heterocycles. The fourth-order valence-corrected chi connectivity index (χ4v) is 2.01. The SMILES string of the molecule is CC(Cl)C1CCN(CCF)CC1.